The van der Waals surface area contributed by atoms with Crippen LogP contribution in [-0.2, 0) is 11.2 Å². The van der Waals surface area contributed by atoms with Gasteiger partial charge >= 0.3 is 0 Å². The van der Waals surface area contributed by atoms with Crippen molar-refractivity contribution >= 4 is 11.8 Å². The first-order chi connectivity index (χ1) is 14.1. The van der Waals surface area contributed by atoms with Crippen LogP contribution in [-0.4, -0.2) is 63.1 Å². The molecule has 29 heavy (non-hydrogen) atoms. The van der Waals surface area contributed by atoms with Gasteiger partial charge in [-0.1, -0.05) is 13.8 Å². The molecule has 0 saturated carbocycles. The maximum atomic E-state index is 12.3. The standard InChI is InChI=1S/C23H36FNO3S/c1-16(2)11-18-15-25-7-5-17-12-22(26-3)23(27-4)13-19(17)20(25)14-21(18)28-8-10-29-9-6-24/h12-13,16,18,20-21H,5-11,14-15H2,1-4H3/t18-,20-,21-/m0/s1/i24-1. The van der Waals surface area contributed by atoms with Crippen LogP contribution in [0.2, 0.25) is 0 Å². The highest BCUT2D eigenvalue weighted by atomic mass is 32.2. The summed E-state index contributed by atoms with van der Waals surface area (Å²) < 4.78 is 29.8. The third-order valence-electron chi connectivity index (χ3n) is 6.12. The van der Waals surface area contributed by atoms with Crippen molar-refractivity contribution in [2.75, 3.05) is 52.1 Å². The maximum Gasteiger partial charge on any atom is 0.161 e. The van der Waals surface area contributed by atoms with E-state index >= 15 is 0 Å². The Labute approximate surface area is 179 Å². The monoisotopic (exact) mass is 424 g/mol. The molecule has 0 amide bonds. The smallest absolute Gasteiger partial charge is 0.161 e. The molecule has 2 aliphatic rings. The van der Waals surface area contributed by atoms with Gasteiger partial charge in [-0.05, 0) is 54.4 Å². The molecule has 0 bridgehead atoms. The van der Waals surface area contributed by atoms with E-state index in [1.807, 2.05) is 0 Å². The average molecular weight is 425 g/mol. The SMILES string of the molecule is COc1cc2c(cc1OC)[C@@H]1C[C@H](OCCSCC[18F])[C@@H](CC(C)C)CN1CC2. The molecular weight excluding hydrogens is 388 g/mol. The number of benzene rings is 1. The van der Waals surface area contributed by atoms with Crippen molar-refractivity contribution in [3.63, 3.8) is 0 Å². The largest absolute Gasteiger partial charge is 0.493 e. The summed E-state index contributed by atoms with van der Waals surface area (Å²) in [5.41, 5.74) is 2.72. The summed E-state index contributed by atoms with van der Waals surface area (Å²) in [4.78, 5) is 2.64. The Bertz CT molecular complexity index is 657. The first-order valence-corrected chi connectivity index (χ1v) is 12.0. The second-order valence-electron chi connectivity index (χ2n) is 8.50. The zero-order valence-corrected chi connectivity index (χ0v) is 19.1. The topological polar surface area (TPSA) is 30.9 Å². The maximum absolute atomic E-state index is 12.3. The molecule has 3 atom stereocenters. The van der Waals surface area contributed by atoms with Gasteiger partial charge in [0.1, 0.15) is 0 Å². The third kappa shape index (κ3) is 5.59. The van der Waals surface area contributed by atoms with Gasteiger partial charge in [0.15, 0.2) is 11.5 Å². The molecule has 0 aliphatic carbocycles. The Morgan fingerprint density at radius 1 is 1.17 bits per heavy atom. The van der Waals surface area contributed by atoms with Crippen molar-refractivity contribution in [3.8, 4) is 11.5 Å². The van der Waals surface area contributed by atoms with Gasteiger partial charge in [-0.15, -0.1) is 0 Å². The molecule has 1 aromatic rings. The fourth-order valence-corrected chi connectivity index (χ4v) is 5.38. The van der Waals surface area contributed by atoms with E-state index in [0.29, 0.717) is 30.2 Å². The number of nitrogens with zero attached hydrogens (tertiary/aromatic N) is 1. The van der Waals surface area contributed by atoms with Crippen LogP contribution >= 0.6 is 11.8 Å². The van der Waals surface area contributed by atoms with E-state index in [-0.39, 0.29) is 12.8 Å². The Morgan fingerprint density at radius 3 is 2.62 bits per heavy atom. The number of halogens is 1. The fraction of sp³-hybridized carbons (Fsp3) is 0.739. The molecule has 2 heterocycles. The molecule has 3 rings (SSSR count). The molecule has 0 radical (unpaired) electrons. The summed E-state index contributed by atoms with van der Waals surface area (Å²) in [6.07, 6.45) is 3.49. The van der Waals surface area contributed by atoms with Crippen LogP contribution in [0.25, 0.3) is 0 Å². The lowest BCUT2D eigenvalue weighted by atomic mass is 9.79. The van der Waals surface area contributed by atoms with Crippen LogP contribution in [0.1, 0.15) is 43.9 Å². The van der Waals surface area contributed by atoms with Crippen molar-refractivity contribution in [2.45, 2.75) is 45.3 Å². The number of thioether (sulfide) groups is 1. The van der Waals surface area contributed by atoms with Crippen molar-refractivity contribution in [3.05, 3.63) is 23.3 Å². The number of hydrogen-bond acceptors (Lipinski definition) is 5. The van der Waals surface area contributed by atoms with Crippen LogP contribution in [0.4, 0.5) is 4.39 Å². The molecule has 1 saturated heterocycles. The molecule has 0 spiro atoms. The molecule has 2 aliphatic heterocycles. The molecule has 4 nitrogen and oxygen atoms in total. The quantitative estimate of drug-likeness (QED) is 0.506. The van der Waals surface area contributed by atoms with Crippen LogP contribution in [0.15, 0.2) is 12.1 Å². The zero-order chi connectivity index (χ0) is 20.8. The lowest BCUT2D eigenvalue weighted by Gasteiger charge is -2.47. The highest BCUT2D eigenvalue weighted by molar-refractivity contribution is 7.99. The Morgan fingerprint density at radius 2 is 1.93 bits per heavy atom. The van der Waals surface area contributed by atoms with E-state index in [9.17, 15) is 4.39 Å². The number of fused-ring (bicyclic) bond motifs is 3. The number of ether oxygens (including phenoxy) is 3. The molecule has 6 heteroatoms. The average Bonchev–Trinajstić information content (AvgIpc) is 2.72. The molecular formula is C23H36FNO3S. The summed E-state index contributed by atoms with van der Waals surface area (Å²) in [5, 5.41) is 0. The predicted molar refractivity (Wildman–Crippen MR) is 118 cm³/mol. The number of rotatable bonds is 10. The second-order valence-corrected chi connectivity index (χ2v) is 9.73. The highest BCUT2D eigenvalue weighted by Crippen LogP contribution is 2.44. The number of hydrogen-bond donors (Lipinski definition) is 0. The molecule has 0 aromatic heterocycles. The minimum Gasteiger partial charge on any atom is -0.493 e. The van der Waals surface area contributed by atoms with E-state index in [0.717, 1.165) is 43.2 Å². The summed E-state index contributed by atoms with van der Waals surface area (Å²) in [5.74, 6) is 4.26. The van der Waals surface area contributed by atoms with Gasteiger partial charge in [0.25, 0.3) is 0 Å². The van der Waals surface area contributed by atoms with Gasteiger partial charge in [-0.3, -0.25) is 9.29 Å². The lowest BCUT2D eigenvalue weighted by molar-refractivity contribution is -0.0590. The van der Waals surface area contributed by atoms with E-state index in [1.165, 1.54) is 17.5 Å². The van der Waals surface area contributed by atoms with Crippen molar-refractivity contribution in [1.29, 1.82) is 0 Å². The normalized spacial score (nSPS) is 24.3. The molecule has 1 fully saturated rings. The van der Waals surface area contributed by atoms with E-state index in [4.69, 9.17) is 14.2 Å². The van der Waals surface area contributed by atoms with Crippen molar-refractivity contribution in [1.82, 2.24) is 4.90 Å². The third-order valence-corrected chi connectivity index (χ3v) is 7.02. The Hall–Kier alpha value is -0.980. The fourth-order valence-electron chi connectivity index (χ4n) is 4.86. The van der Waals surface area contributed by atoms with Gasteiger partial charge in [0.2, 0.25) is 0 Å². The van der Waals surface area contributed by atoms with Crippen molar-refractivity contribution in [2.24, 2.45) is 11.8 Å². The predicted octanol–water partition coefficient (Wildman–Crippen LogP) is 4.76. The van der Waals surface area contributed by atoms with Crippen LogP contribution in [0.5, 0.6) is 11.5 Å². The van der Waals surface area contributed by atoms with Gasteiger partial charge in [0.05, 0.1) is 33.6 Å². The second kappa shape index (κ2) is 10.9. The lowest BCUT2D eigenvalue weighted by Crippen LogP contribution is -2.49. The highest BCUT2D eigenvalue weighted by Gasteiger charge is 2.40. The Kier molecular flexibility index (Phi) is 8.51. The minimum absolute atomic E-state index is 0.253. The van der Waals surface area contributed by atoms with Crippen LogP contribution in [0, 0.1) is 11.8 Å². The summed E-state index contributed by atoms with van der Waals surface area (Å²) >= 11 is 1.64. The van der Waals surface area contributed by atoms with Gasteiger partial charge in [-0.25, -0.2) is 0 Å². The molecule has 0 unspecified atom stereocenters. The van der Waals surface area contributed by atoms with Crippen LogP contribution < -0.4 is 9.47 Å². The van der Waals surface area contributed by atoms with Gasteiger partial charge in [0, 0.05) is 30.6 Å². The first-order valence-electron chi connectivity index (χ1n) is 10.8. The first kappa shape index (κ1) is 22.7. The van der Waals surface area contributed by atoms with Gasteiger partial charge in [-0.2, -0.15) is 11.8 Å². The van der Waals surface area contributed by atoms with Crippen molar-refractivity contribution < 1.29 is 18.6 Å². The van der Waals surface area contributed by atoms with E-state index in [1.54, 1.807) is 26.0 Å². The number of methoxy groups -OCH3 is 2. The number of alkyl halides is 1. The summed E-state index contributed by atoms with van der Waals surface area (Å²) in [6.45, 7) is 7.20. The zero-order valence-electron chi connectivity index (χ0n) is 18.3. The molecule has 164 valence electrons. The van der Waals surface area contributed by atoms with E-state index < -0.39 is 0 Å². The summed E-state index contributed by atoms with van der Waals surface area (Å²) in [7, 11) is 3.40. The van der Waals surface area contributed by atoms with Gasteiger partial charge < -0.3 is 14.2 Å². The van der Waals surface area contributed by atoms with Crippen LogP contribution in [0.3, 0.4) is 0 Å². The summed E-state index contributed by atoms with van der Waals surface area (Å²) in [6, 6.07) is 4.68. The molecule has 0 N–H and O–H groups in total. The molecule has 1 aromatic carbocycles. The minimum atomic E-state index is -0.261. The number of piperidine rings is 1. The van der Waals surface area contributed by atoms with E-state index in [2.05, 4.69) is 30.9 Å². The Balaban J connectivity index is 1.76.